The van der Waals surface area contributed by atoms with Crippen molar-refractivity contribution in [1.29, 1.82) is 0 Å². The Morgan fingerprint density at radius 2 is 1.88 bits per heavy atom. The van der Waals surface area contributed by atoms with Gasteiger partial charge in [0.25, 0.3) is 0 Å². The van der Waals surface area contributed by atoms with Crippen LogP contribution in [0.3, 0.4) is 0 Å². The first-order valence-corrected chi connectivity index (χ1v) is 7.10. The molecule has 1 aromatic carbocycles. The van der Waals surface area contributed by atoms with Gasteiger partial charge in [-0.3, -0.25) is 4.79 Å². The standard InChI is InChI=1S/C13H18O3S/c1-9-5-6-13(10(2)7-9)17(15,16)12(4)8-11(3)14/h5-7,12H,8H2,1-4H3. The topological polar surface area (TPSA) is 51.2 Å². The molecule has 1 rings (SSSR count). The average molecular weight is 254 g/mol. The second-order valence-electron chi connectivity index (χ2n) is 4.53. The number of sulfone groups is 1. The normalized spacial score (nSPS) is 13.4. The zero-order chi connectivity index (χ0) is 13.2. The van der Waals surface area contributed by atoms with Crippen LogP contribution in [0.25, 0.3) is 0 Å². The molecular weight excluding hydrogens is 236 g/mol. The molecule has 94 valence electrons. The van der Waals surface area contributed by atoms with Gasteiger partial charge in [-0.25, -0.2) is 8.42 Å². The molecule has 0 fully saturated rings. The lowest BCUT2D eigenvalue weighted by Crippen LogP contribution is -2.21. The number of benzene rings is 1. The number of aryl methyl sites for hydroxylation is 2. The zero-order valence-corrected chi connectivity index (χ0v) is 11.5. The highest BCUT2D eigenvalue weighted by Crippen LogP contribution is 2.22. The molecule has 0 radical (unpaired) electrons. The molecule has 0 aromatic heterocycles. The summed E-state index contributed by atoms with van der Waals surface area (Å²) < 4.78 is 24.5. The first kappa shape index (κ1) is 13.9. The number of hydrogen-bond donors (Lipinski definition) is 0. The first-order valence-electron chi connectivity index (χ1n) is 5.55. The number of ketones is 1. The Labute approximate surface area is 103 Å². The van der Waals surface area contributed by atoms with E-state index in [1.165, 1.54) is 6.92 Å². The third-order valence-electron chi connectivity index (χ3n) is 2.74. The van der Waals surface area contributed by atoms with Gasteiger partial charge in [-0.15, -0.1) is 0 Å². The molecule has 0 aliphatic carbocycles. The Bertz CT molecular complexity index is 530. The average Bonchev–Trinajstić information content (AvgIpc) is 2.15. The zero-order valence-electron chi connectivity index (χ0n) is 10.6. The summed E-state index contributed by atoms with van der Waals surface area (Å²) in [6.07, 6.45) is 0.0651. The van der Waals surface area contributed by atoms with Crippen LogP contribution in [0, 0.1) is 13.8 Å². The third kappa shape index (κ3) is 3.16. The Hall–Kier alpha value is -1.16. The molecular formula is C13H18O3S. The maximum Gasteiger partial charge on any atom is 0.181 e. The van der Waals surface area contributed by atoms with Crippen LogP contribution < -0.4 is 0 Å². The van der Waals surface area contributed by atoms with E-state index in [-0.39, 0.29) is 12.2 Å². The highest BCUT2D eigenvalue weighted by atomic mass is 32.2. The van der Waals surface area contributed by atoms with Crippen molar-refractivity contribution in [2.75, 3.05) is 0 Å². The van der Waals surface area contributed by atoms with Crippen LogP contribution in [-0.4, -0.2) is 19.5 Å². The van der Waals surface area contributed by atoms with Gasteiger partial charge in [-0.1, -0.05) is 17.7 Å². The van der Waals surface area contributed by atoms with E-state index in [9.17, 15) is 13.2 Å². The molecule has 0 aliphatic heterocycles. The van der Waals surface area contributed by atoms with Crippen molar-refractivity contribution >= 4 is 15.6 Å². The number of rotatable bonds is 4. The second kappa shape index (κ2) is 5.00. The molecule has 0 aliphatic rings. The van der Waals surface area contributed by atoms with Crippen molar-refractivity contribution in [2.24, 2.45) is 0 Å². The van der Waals surface area contributed by atoms with Gasteiger partial charge in [0.1, 0.15) is 5.78 Å². The molecule has 1 unspecified atom stereocenters. The van der Waals surface area contributed by atoms with E-state index in [1.54, 1.807) is 26.0 Å². The molecule has 0 bridgehead atoms. The SMILES string of the molecule is CC(=O)CC(C)S(=O)(=O)c1ccc(C)cc1C. The molecule has 4 heteroatoms. The van der Waals surface area contributed by atoms with Crippen LogP contribution in [-0.2, 0) is 14.6 Å². The fourth-order valence-corrected chi connectivity index (χ4v) is 3.50. The minimum Gasteiger partial charge on any atom is -0.300 e. The maximum absolute atomic E-state index is 12.2. The summed E-state index contributed by atoms with van der Waals surface area (Å²) in [5.41, 5.74) is 1.76. The molecule has 3 nitrogen and oxygen atoms in total. The predicted octanol–water partition coefficient (Wildman–Crippen LogP) is 2.44. The molecule has 0 heterocycles. The highest BCUT2D eigenvalue weighted by molar-refractivity contribution is 7.92. The minimum atomic E-state index is -3.40. The van der Waals surface area contributed by atoms with Gasteiger partial charge < -0.3 is 0 Å². The predicted molar refractivity (Wildman–Crippen MR) is 67.9 cm³/mol. The fraction of sp³-hybridized carbons (Fsp3) is 0.462. The van der Waals surface area contributed by atoms with Crippen molar-refractivity contribution in [2.45, 2.75) is 44.3 Å². The number of Topliss-reactive ketones (excluding diaryl/α,β-unsaturated/α-hetero) is 1. The van der Waals surface area contributed by atoms with Crippen molar-refractivity contribution in [3.05, 3.63) is 29.3 Å². The van der Waals surface area contributed by atoms with Crippen molar-refractivity contribution in [1.82, 2.24) is 0 Å². The van der Waals surface area contributed by atoms with Gasteiger partial charge in [0, 0.05) is 6.42 Å². The van der Waals surface area contributed by atoms with Crippen LogP contribution in [0.1, 0.15) is 31.4 Å². The van der Waals surface area contributed by atoms with Gasteiger partial charge in [-0.05, 0) is 39.3 Å². The third-order valence-corrected chi connectivity index (χ3v) is 5.04. The van der Waals surface area contributed by atoms with Crippen molar-refractivity contribution < 1.29 is 13.2 Å². The van der Waals surface area contributed by atoms with E-state index in [1.807, 2.05) is 13.0 Å². The van der Waals surface area contributed by atoms with Gasteiger partial charge in [0.15, 0.2) is 9.84 Å². The number of hydrogen-bond acceptors (Lipinski definition) is 3. The summed E-state index contributed by atoms with van der Waals surface area (Å²) >= 11 is 0. The molecule has 0 spiro atoms. The lowest BCUT2D eigenvalue weighted by Gasteiger charge is -2.13. The van der Waals surface area contributed by atoms with Gasteiger partial charge in [0.05, 0.1) is 10.1 Å². The molecule has 0 N–H and O–H groups in total. The molecule has 1 atom stereocenters. The summed E-state index contributed by atoms with van der Waals surface area (Å²) in [7, 11) is -3.40. The van der Waals surface area contributed by atoms with Crippen molar-refractivity contribution in [3.8, 4) is 0 Å². The Morgan fingerprint density at radius 3 is 2.35 bits per heavy atom. The molecule has 0 amide bonds. The number of carbonyl (C=O) groups excluding carboxylic acids is 1. The molecule has 0 saturated carbocycles. The van der Waals surface area contributed by atoms with E-state index in [4.69, 9.17) is 0 Å². The van der Waals surface area contributed by atoms with E-state index < -0.39 is 15.1 Å². The summed E-state index contributed by atoms with van der Waals surface area (Å²) in [6.45, 7) is 6.69. The fourth-order valence-electron chi connectivity index (χ4n) is 1.85. The van der Waals surface area contributed by atoms with E-state index in [0.29, 0.717) is 4.90 Å². The Kier molecular flexibility index (Phi) is 4.09. The smallest absolute Gasteiger partial charge is 0.181 e. The minimum absolute atomic E-state index is 0.0651. The Morgan fingerprint density at radius 1 is 1.29 bits per heavy atom. The maximum atomic E-state index is 12.2. The van der Waals surface area contributed by atoms with Crippen LogP contribution in [0.5, 0.6) is 0 Å². The summed E-state index contributed by atoms with van der Waals surface area (Å²) in [4.78, 5) is 11.3. The summed E-state index contributed by atoms with van der Waals surface area (Å²) in [6, 6.07) is 5.24. The number of carbonyl (C=O) groups is 1. The lowest BCUT2D eigenvalue weighted by atomic mass is 10.2. The van der Waals surface area contributed by atoms with Gasteiger partial charge >= 0.3 is 0 Å². The van der Waals surface area contributed by atoms with Gasteiger partial charge in [0.2, 0.25) is 0 Å². The van der Waals surface area contributed by atoms with E-state index >= 15 is 0 Å². The van der Waals surface area contributed by atoms with E-state index in [2.05, 4.69) is 0 Å². The largest absolute Gasteiger partial charge is 0.300 e. The summed E-state index contributed by atoms with van der Waals surface area (Å²) in [5.74, 6) is -0.106. The quantitative estimate of drug-likeness (QED) is 0.829. The molecule has 0 saturated heterocycles. The first-order chi connectivity index (χ1) is 7.75. The monoisotopic (exact) mass is 254 g/mol. The van der Waals surface area contributed by atoms with Crippen LogP contribution in [0.4, 0.5) is 0 Å². The van der Waals surface area contributed by atoms with Crippen molar-refractivity contribution in [3.63, 3.8) is 0 Å². The molecule has 17 heavy (non-hydrogen) atoms. The van der Waals surface area contributed by atoms with Crippen LogP contribution in [0.2, 0.25) is 0 Å². The lowest BCUT2D eigenvalue weighted by molar-refractivity contribution is -0.116. The van der Waals surface area contributed by atoms with Crippen LogP contribution in [0.15, 0.2) is 23.1 Å². The Balaban J connectivity index is 3.17. The molecule has 1 aromatic rings. The highest BCUT2D eigenvalue weighted by Gasteiger charge is 2.25. The summed E-state index contributed by atoms with van der Waals surface area (Å²) in [5, 5.41) is -0.665. The van der Waals surface area contributed by atoms with Crippen LogP contribution >= 0.6 is 0 Å². The second-order valence-corrected chi connectivity index (χ2v) is 6.87. The van der Waals surface area contributed by atoms with E-state index in [0.717, 1.165) is 11.1 Å². The van der Waals surface area contributed by atoms with Gasteiger partial charge in [-0.2, -0.15) is 0 Å².